The number of pyridine rings is 1. The van der Waals surface area contributed by atoms with Gasteiger partial charge in [-0.15, -0.1) is 0 Å². The standard InChI is InChI=1S/C13H16FNO/c1-2-9-3-4-10(5-9)13(16)11-6-12(14)8-15-7-11/h6-10H,2-5H2,1H3. The Balaban J connectivity index is 2.08. The van der Waals surface area contributed by atoms with Crippen LogP contribution in [0.2, 0.25) is 0 Å². The van der Waals surface area contributed by atoms with Gasteiger partial charge in [0.1, 0.15) is 5.82 Å². The zero-order chi connectivity index (χ0) is 11.5. The Hall–Kier alpha value is -1.25. The Morgan fingerprint density at radius 3 is 2.94 bits per heavy atom. The molecule has 0 bridgehead atoms. The van der Waals surface area contributed by atoms with Crippen LogP contribution in [0.25, 0.3) is 0 Å². The van der Waals surface area contributed by atoms with Gasteiger partial charge < -0.3 is 0 Å². The van der Waals surface area contributed by atoms with Crippen molar-refractivity contribution in [2.75, 3.05) is 0 Å². The second kappa shape index (κ2) is 4.73. The maximum Gasteiger partial charge on any atom is 0.167 e. The molecule has 1 fully saturated rings. The second-order valence-electron chi connectivity index (χ2n) is 4.54. The molecule has 1 aromatic rings. The Morgan fingerprint density at radius 1 is 1.50 bits per heavy atom. The summed E-state index contributed by atoms with van der Waals surface area (Å²) in [6.07, 6.45) is 6.73. The number of ketones is 1. The fourth-order valence-corrected chi connectivity index (χ4v) is 2.47. The summed E-state index contributed by atoms with van der Waals surface area (Å²) in [5, 5.41) is 0. The molecule has 0 saturated heterocycles. The zero-order valence-corrected chi connectivity index (χ0v) is 9.45. The van der Waals surface area contributed by atoms with Gasteiger partial charge in [0.15, 0.2) is 5.78 Å². The molecule has 0 aliphatic heterocycles. The van der Waals surface area contributed by atoms with Crippen molar-refractivity contribution in [1.82, 2.24) is 4.98 Å². The number of aromatic nitrogens is 1. The molecular weight excluding hydrogens is 205 g/mol. The molecule has 1 aliphatic carbocycles. The topological polar surface area (TPSA) is 30.0 Å². The predicted molar refractivity (Wildman–Crippen MR) is 59.6 cm³/mol. The molecule has 2 unspecified atom stereocenters. The normalized spacial score (nSPS) is 24.6. The molecule has 1 aromatic heterocycles. The number of rotatable bonds is 3. The highest BCUT2D eigenvalue weighted by Gasteiger charge is 2.29. The van der Waals surface area contributed by atoms with Crippen LogP contribution in [0.15, 0.2) is 18.5 Å². The quantitative estimate of drug-likeness (QED) is 0.733. The summed E-state index contributed by atoms with van der Waals surface area (Å²) in [5.41, 5.74) is 0.418. The van der Waals surface area contributed by atoms with E-state index < -0.39 is 5.82 Å². The lowest BCUT2D eigenvalue weighted by atomic mass is 9.95. The number of nitrogens with zero attached hydrogens (tertiary/aromatic N) is 1. The van der Waals surface area contributed by atoms with Crippen LogP contribution in [0.3, 0.4) is 0 Å². The molecule has 16 heavy (non-hydrogen) atoms. The summed E-state index contributed by atoms with van der Waals surface area (Å²) in [6.45, 7) is 2.15. The van der Waals surface area contributed by atoms with E-state index in [9.17, 15) is 9.18 Å². The summed E-state index contributed by atoms with van der Waals surface area (Å²) in [4.78, 5) is 15.8. The highest BCUT2D eigenvalue weighted by molar-refractivity contribution is 5.97. The Bertz CT molecular complexity index is 391. The van der Waals surface area contributed by atoms with Crippen molar-refractivity contribution in [3.05, 3.63) is 29.8 Å². The predicted octanol–water partition coefficient (Wildman–Crippen LogP) is 3.23. The molecule has 2 atom stereocenters. The number of hydrogen-bond acceptors (Lipinski definition) is 2. The van der Waals surface area contributed by atoms with Crippen molar-refractivity contribution in [1.29, 1.82) is 0 Å². The average Bonchev–Trinajstić information content (AvgIpc) is 2.76. The first-order valence-corrected chi connectivity index (χ1v) is 5.85. The molecule has 0 radical (unpaired) electrons. The molecule has 2 rings (SSSR count). The van der Waals surface area contributed by atoms with Crippen LogP contribution in [0.4, 0.5) is 4.39 Å². The second-order valence-corrected chi connectivity index (χ2v) is 4.54. The Labute approximate surface area is 94.9 Å². The van der Waals surface area contributed by atoms with E-state index in [2.05, 4.69) is 11.9 Å². The van der Waals surface area contributed by atoms with Gasteiger partial charge in [0, 0.05) is 17.7 Å². The van der Waals surface area contributed by atoms with Crippen LogP contribution in [0.1, 0.15) is 43.0 Å². The first-order valence-electron chi connectivity index (χ1n) is 5.85. The number of carbonyl (C=O) groups is 1. The van der Waals surface area contributed by atoms with Gasteiger partial charge in [-0.25, -0.2) is 4.39 Å². The van der Waals surface area contributed by atoms with Crippen molar-refractivity contribution >= 4 is 5.78 Å². The van der Waals surface area contributed by atoms with E-state index in [0.717, 1.165) is 31.9 Å². The van der Waals surface area contributed by atoms with E-state index in [1.165, 1.54) is 12.3 Å². The van der Waals surface area contributed by atoms with E-state index in [0.29, 0.717) is 11.5 Å². The molecule has 1 heterocycles. The van der Waals surface area contributed by atoms with Crippen LogP contribution in [-0.4, -0.2) is 10.8 Å². The minimum atomic E-state index is -0.434. The molecule has 1 saturated carbocycles. The van der Waals surface area contributed by atoms with Crippen molar-refractivity contribution in [2.24, 2.45) is 11.8 Å². The number of carbonyl (C=O) groups excluding carboxylic acids is 1. The Morgan fingerprint density at radius 2 is 2.31 bits per heavy atom. The van der Waals surface area contributed by atoms with Gasteiger partial charge in [-0.05, 0) is 31.2 Å². The van der Waals surface area contributed by atoms with Gasteiger partial charge in [-0.1, -0.05) is 13.3 Å². The molecule has 0 N–H and O–H groups in total. The lowest BCUT2D eigenvalue weighted by Gasteiger charge is -2.08. The Kier molecular flexibility index (Phi) is 3.32. The van der Waals surface area contributed by atoms with Crippen LogP contribution >= 0.6 is 0 Å². The third-order valence-electron chi connectivity index (χ3n) is 3.48. The summed E-state index contributed by atoms with van der Waals surface area (Å²) in [6, 6.07) is 1.29. The summed E-state index contributed by atoms with van der Waals surface area (Å²) in [5.74, 6) is 0.364. The van der Waals surface area contributed by atoms with Gasteiger partial charge >= 0.3 is 0 Å². The third-order valence-corrected chi connectivity index (χ3v) is 3.48. The minimum absolute atomic E-state index is 0.0583. The fraction of sp³-hybridized carbons (Fsp3) is 0.538. The maximum absolute atomic E-state index is 12.9. The van der Waals surface area contributed by atoms with Gasteiger partial charge in [-0.2, -0.15) is 0 Å². The van der Waals surface area contributed by atoms with Crippen LogP contribution in [0.5, 0.6) is 0 Å². The molecule has 3 heteroatoms. The number of halogens is 1. The number of Topliss-reactive ketones (excluding diaryl/α,β-unsaturated/α-hetero) is 1. The highest BCUT2D eigenvalue weighted by Crippen LogP contribution is 2.34. The zero-order valence-electron chi connectivity index (χ0n) is 9.45. The number of hydrogen-bond donors (Lipinski definition) is 0. The minimum Gasteiger partial charge on any atom is -0.294 e. The van der Waals surface area contributed by atoms with Crippen molar-refractivity contribution in [3.63, 3.8) is 0 Å². The molecule has 86 valence electrons. The average molecular weight is 221 g/mol. The first-order chi connectivity index (χ1) is 7.70. The van der Waals surface area contributed by atoms with E-state index in [-0.39, 0.29) is 11.7 Å². The van der Waals surface area contributed by atoms with Crippen LogP contribution in [-0.2, 0) is 0 Å². The first kappa shape index (κ1) is 11.2. The van der Waals surface area contributed by atoms with Gasteiger partial charge in [0.2, 0.25) is 0 Å². The van der Waals surface area contributed by atoms with Gasteiger partial charge in [0.05, 0.1) is 6.20 Å². The van der Waals surface area contributed by atoms with Crippen LogP contribution < -0.4 is 0 Å². The van der Waals surface area contributed by atoms with Crippen molar-refractivity contribution in [3.8, 4) is 0 Å². The van der Waals surface area contributed by atoms with E-state index in [4.69, 9.17) is 0 Å². The molecular formula is C13H16FNO. The van der Waals surface area contributed by atoms with E-state index >= 15 is 0 Å². The van der Waals surface area contributed by atoms with E-state index in [1.807, 2.05) is 0 Å². The monoisotopic (exact) mass is 221 g/mol. The highest BCUT2D eigenvalue weighted by atomic mass is 19.1. The smallest absolute Gasteiger partial charge is 0.167 e. The molecule has 0 spiro atoms. The molecule has 0 aromatic carbocycles. The summed E-state index contributed by atoms with van der Waals surface area (Å²) in [7, 11) is 0. The molecule has 1 aliphatic rings. The van der Waals surface area contributed by atoms with Crippen molar-refractivity contribution in [2.45, 2.75) is 32.6 Å². The largest absolute Gasteiger partial charge is 0.294 e. The summed E-state index contributed by atoms with van der Waals surface area (Å²) >= 11 is 0. The van der Waals surface area contributed by atoms with Gasteiger partial charge in [0.25, 0.3) is 0 Å². The summed E-state index contributed by atoms with van der Waals surface area (Å²) < 4.78 is 12.9. The fourth-order valence-electron chi connectivity index (χ4n) is 2.47. The third kappa shape index (κ3) is 2.29. The maximum atomic E-state index is 12.9. The SMILES string of the molecule is CCC1CCC(C(=O)c2cncc(F)c2)C1. The van der Waals surface area contributed by atoms with Crippen LogP contribution in [0, 0.1) is 17.7 Å². The van der Waals surface area contributed by atoms with Gasteiger partial charge in [-0.3, -0.25) is 9.78 Å². The lowest BCUT2D eigenvalue weighted by Crippen LogP contribution is -2.12. The molecule has 0 amide bonds. The van der Waals surface area contributed by atoms with Crippen molar-refractivity contribution < 1.29 is 9.18 Å². The van der Waals surface area contributed by atoms with E-state index in [1.54, 1.807) is 0 Å². The molecule has 2 nitrogen and oxygen atoms in total. The lowest BCUT2D eigenvalue weighted by molar-refractivity contribution is 0.0919.